The predicted octanol–water partition coefficient (Wildman–Crippen LogP) is 27.5. The lowest BCUT2D eigenvalue weighted by molar-refractivity contribution is 0.296. The molecule has 0 aliphatic carbocycles. The number of hydrogen-bond acceptors (Lipinski definition) is 20. The van der Waals surface area contributed by atoms with E-state index in [1.807, 2.05) is 170 Å². The molecule has 0 aliphatic rings. The van der Waals surface area contributed by atoms with Crippen molar-refractivity contribution < 1.29 is 60.9 Å². The molecule has 6 aromatic heterocycles. The van der Waals surface area contributed by atoms with Crippen LogP contribution in [0.15, 0.2) is 146 Å². The first kappa shape index (κ1) is 114. The Morgan fingerprint density at radius 3 is 1.14 bits per heavy atom. The lowest BCUT2D eigenvalue weighted by atomic mass is 9.92. The molecule has 0 bridgehead atoms. The molecule has 6 unspecified atom stereocenters. The number of nitrogens with zero attached hydrogens (tertiary/aromatic N) is 9. The van der Waals surface area contributed by atoms with Crippen LogP contribution in [0.1, 0.15) is 294 Å². The molecule has 37 heteroatoms. The van der Waals surface area contributed by atoms with Gasteiger partial charge >= 0.3 is 56.3 Å². The van der Waals surface area contributed by atoms with Crippen LogP contribution in [0.3, 0.4) is 0 Å². The van der Waals surface area contributed by atoms with Crippen LogP contribution in [0, 0.1) is 76.2 Å². The number of ether oxygens (including phenoxy) is 4. The molecule has 0 amide bonds. The van der Waals surface area contributed by atoms with Crippen molar-refractivity contribution in [2.24, 2.45) is 0 Å². The predicted molar refractivity (Wildman–Crippen MR) is 597 cm³/mol. The molecule has 6 atom stereocenters. The summed E-state index contributed by atoms with van der Waals surface area (Å²) in [6, 6.07) is 44.0. The highest BCUT2D eigenvalue weighted by molar-refractivity contribution is 7.83. The van der Waals surface area contributed by atoms with E-state index >= 15 is 0 Å². The summed E-state index contributed by atoms with van der Waals surface area (Å²) in [6.07, 6.45) is 29.0. The van der Waals surface area contributed by atoms with E-state index in [0.29, 0.717) is 130 Å². The molecule has 0 spiro atoms. The number of H-pyrrole nitrogens is 3. The summed E-state index contributed by atoms with van der Waals surface area (Å²) in [5.74, 6) is 6.53. The third-order valence-corrected chi connectivity index (χ3v) is 28.9. The number of benzene rings is 8. The van der Waals surface area contributed by atoms with E-state index in [1.54, 1.807) is 65.2 Å². The van der Waals surface area contributed by atoms with Crippen molar-refractivity contribution in [2.75, 3.05) is 50.0 Å². The Kier molecular flexibility index (Phi) is 43.7. The maximum atomic E-state index is 13.4. The number of halogens is 1. The molecule has 14 aromatic rings. The SMILES string of the molecule is CCCCCCCCOc1ccc(C)cc1OS(=O)Nc1cccc(OS(=O)Nc2c(C)cc(C)c(-c3nnc4c(Cl)c(C(C)(C)C)[nH]n34)c2C)c1.CCCCCCCCOc1ccc(C)cc1OS(=O)Nc1cccc(OS(=O)Nc2c(C)cc(C)c(-c3nnc4cc(C)[nH]n34)c2C)c1.CCCCCCCCOc1ccc(NS(=O)Oc2cc(C)ccc2OCCCCCCCC)cc1CC(C)c1nnc2cc(C)[nH]n12. The second kappa shape index (κ2) is 56.4. The number of anilines is 5. The van der Waals surface area contributed by atoms with Crippen molar-refractivity contribution in [1.82, 2.24) is 59.4 Å². The lowest BCUT2D eigenvalue weighted by Gasteiger charge is -2.18. The largest absolute Gasteiger partial charge is 0.493 e. The Morgan fingerprint density at radius 2 is 0.714 bits per heavy atom. The molecule has 794 valence electrons. The van der Waals surface area contributed by atoms with Gasteiger partial charge in [-0.3, -0.25) is 38.9 Å². The highest BCUT2D eigenvalue weighted by atomic mass is 35.5. The maximum absolute atomic E-state index is 13.4. The number of rotatable bonds is 57. The van der Waals surface area contributed by atoms with Gasteiger partial charge in [-0.2, -0.15) is 21.0 Å². The smallest absolute Gasteiger partial charge is 0.316 e. The number of aromatic amines is 3. The van der Waals surface area contributed by atoms with Crippen LogP contribution < -0.4 is 63.5 Å². The van der Waals surface area contributed by atoms with E-state index in [2.05, 4.69) is 125 Å². The Hall–Kier alpha value is -12.0. The summed E-state index contributed by atoms with van der Waals surface area (Å²) < 4.78 is 140. The maximum Gasteiger partial charge on any atom is 0.316 e. The van der Waals surface area contributed by atoms with Gasteiger partial charge in [0.15, 0.2) is 68.9 Å². The van der Waals surface area contributed by atoms with Crippen LogP contribution in [-0.4, -0.2) is 107 Å². The standard InChI is InChI=1S/C38H49ClN6O5S2.C37H55N5O4S.C35H44N6O5S2/c1-9-10-11-12-13-14-20-48-30-19-18-24(2)21-31(30)50-51(46)43-28-16-15-17-29(23-28)49-52(47)44-34-26(4)22-25(3)32(27(34)5)36-40-41-37-33(39)35(38(6,7)8)42-45(36)37;1-6-8-10-12-14-16-22-44-33-21-19-32(27-31(33)25-29(4)37-39-38-36-26-30(5)40-42(36)37)41-47(43)46-35-24-28(3)18-20-34(35)45-23-17-15-13-11-9-7-2;1-7-8-9-10-11-12-18-44-30-17-16-23(2)19-31(30)46-47(42)39-28-14-13-15-29(22-28)45-48(43)40-34-25(4)20-24(3)33(27(34)6)35-37-36-32-21-26(5)38-41(32)35/h15-19,21-23,42-44H,9-14,20H2,1-8H3;18-21,24,26-27,29,40-41H,6-17,22-23,25H2,1-5H3;13-17,19-22,38-40H,7-12,18H2,1-6H3. The summed E-state index contributed by atoms with van der Waals surface area (Å²) in [6.45, 7) is 41.2. The fourth-order valence-corrected chi connectivity index (χ4v) is 21.4. The van der Waals surface area contributed by atoms with Crippen LogP contribution in [0.5, 0.6) is 51.7 Å². The molecule has 0 aliphatic heterocycles. The molecule has 0 radical (unpaired) electrons. The molecule has 8 N–H and O–H groups in total. The Morgan fingerprint density at radius 1 is 0.354 bits per heavy atom. The fraction of sp³-hybridized carbons (Fsp3) is 0.455. The Balaban J connectivity index is 0.000000196. The number of nitrogens with one attached hydrogen (secondary N) is 8. The lowest BCUT2D eigenvalue weighted by Crippen LogP contribution is -2.15. The zero-order chi connectivity index (χ0) is 105. The minimum absolute atomic E-state index is 0.0510. The molecule has 0 fully saturated rings. The molecule has 0 saturated carbocycles. The van der Waals surface area contributed by atoms with Gasteiger partial charge in [0.25, 0.3) is 0 Å². The van der Waals surface area contributed by atoms with Crippen LogP contribution in [0.2, 0.25) is 5.02 Å². The van der Waals surface area contributed by atoms with Crippen LogP contribution >= 0.6 is 11.6 Å². The molecule has 14 rings (SSSR count). The average Bonchev–Trinajstić information content (AvgIpc) is 1.62. The Bertz CT molecular complexity index is 6790. The third kappa shape index (κ3) is 33.3. The number of fused-ring (bicyclic) bond motifs is 3. The van der Waals surface area contributed by atoms with Gasteiger partial charge in [0.1, 0.15) is 22.3 Å². The van der Waals surface area contributed by atoms with E-state index in [1.165, 1.54) is 103 Å². The van der Waals surface area contributed by atoms with Crippen LogP contribution in [-0.2, 0) is 68.2 Å². The molecule has 0 saturated heterocycles. The first-order chi connectivity index (χ1) is 70.8. The minimum Gasteiger partial charge on any atom is -0.493 e. The van der Waals surface area contributed by atoms with Crippen molar-refractivity contribution in [1.29, 1.82) is 0 Å². The monoisotopic (exact) mass is 2130 g/mol. The minimum atomic E-state index is -1.98. The van der Waals surface area contributed by atoms with E-state index in [9.17, 15) is 21.0 Å². The average molecular weight is 2130 g/mol. The number of hydrogen-bond donors (Lipinski definition) is 8. The first-order valence-corrected chi connectivity index (χ1v) is 57.2. The van der Waals surface area contributed by atoms with E-state index in [-0.39, 0.29) is 11.3 Å². The van der Waals surface area contributed by atoms with Crippen molar-refractivity contribution in [3.63, 3.8) is 0 Å². The van der Waals surface area contributed by atoms with Crippen LogP contribution in [0.25, 0.3) is 39.7 Å². The number of unbranched alkanes of at least 4 members (excludes halogenated alkanes) is 20. The zero-order valence-corrected chi connectivity index (χ0v) is 93.4. The summed E-state index contributed by atoms with van der Waals surface area (Å²) in [5, 5.41) is 36.8. The van der Waals surface area contributed by atoms with Gasteiger partial charge in [0.2, 0.25) is 0 Å². The van der Waals surface area contributed by atoms with Gasteiger partial charge in [-0.25, -0.2) is 13.5 Å². The van der Waals surface area contributed by atoms with Gasteiger partial charge < -0.3 is 39.9 Å². The number of aromatic nitrogens is 12. The molecular formula is C110H148ClN17O14S5. The van der Waals surface area contributed by atoms with E-state index in [4.69, 9.17) is 51.5 Å². The van der Waals surface area contributed by atoms with Gasteiger partial charge in [0.05, 0.1) is 54.9 Å². The molecular weight excluding hydrogens is 1980 g/mol. The first-order valence-electron chi connectivity index (χ1n) is 51.4. The molecule has 6 heterocycles. The molecule has 8 aromatic carbocycles. The zero-order valence-electron chi connectivity index (χ0n) is 88.6. The summed E-state index contributed by atoms with van der Waals surface area (Å²) in [5.41, 5.74) is 18.7. The van der Waals surface area contributed by atoms with Crippen molar-refractivity contribution >= 4 is 113 Å². The highest BCUT2D eigenvalue weighted by Gasteiger charge is 2.30. The fourth-order valence-electron chi connectivity index (χ4n) is 17.4. The molecule has 31 nitrogen and oxygen atoms in total. The second-order valence-electron chi connectivity index (χ2n) is 38.8. The second-order valence-corrected chi connectivity index (χ2v) is 43.3. The van der Waals surface area contributed by atoms with Gasteiger partial charge in [-0.15, -0.1) is 30.6 Å². The number of aryl methyl sites for hydroxylation is 9. The Labute approximate surface area is 884 Å². The summed E-state index contributed by atoms with van der Waals surface area (Å²) >= 11 is -2.96. The van der Waals surface area contributed by atoms with Gasteiger partial charge in [-0.05, 0) is 243 Å². The van der Waals surface area contributed by atoms with Crippen LogP contribution in [0.4, 0.5) is 28.4 Å². The summed E-state index contributed by atoms with van der Waals surface area (Å²) in [4.78, 5) is 0. The normalized spacial score (nSPS) is 12.7. The topological polar surface area (TPSA) is 367 Å². The third-order valence-electron chi connectivity index (χ3n) is 24.9. The van der Waals surface area contributed by atoms with E-state index < -0.39 is 56.3 Å². The highest BCUT2D eigenvalue weighted by Crippen LogP contribution is 2.42. The summed E-state index contributed by atoms with van der Waals surface area (Å²) in [7, 11) is 0. The van der Waals surface area contributed by atoms with Crippen molar-refractivity contribution in [3.05, 3.63) is 229 Å². The molecule has 147 heavy (non-hydrogen) atoms. The van der Waals surface area contributed by atoms with E-state index in [0.717, 1.165) is 158 Å². The van der Waals surface area contributed by atoms with Gasteiger partial charge in [0, 0.05) is 63.8 Å². The van der Waals surface area contributed by atoms with Crippen molar-refractivity contribution in [2.45, 2.75) is 303 Å². The van der Waals surface area contributed by atoms with Crippen molar-refractivity contribution in [3.8, 4) is 74.5 Å². The van der Waals surface area contributed by atoms with Gasteiger partial charge in [-0.1, -0.05) is 238 Å². The quantitative estimate of drug-likeness (QED) is 0.0164.